The minimum Gasteiger partial charge on any atom is -0.478 e. The van der Waals surface area contributed by atoms with Gasteiger partial charge in [0.05, 0.1) is 16.6 Å². The molecule has 0 bridgehead atoms. The number of hydrogen-bond acceptors (Lipinski definition) is 5. The van der Waals surface area contributed by atoms with Crippen molar-refractivity contribution in [3.05, 3.63) is 40.3 Å². The number of carbonyl (C=O) groups excluding carboxylic acids is 2. The Bertz CT molecular complexity index is 763. The first kappa shape index (κ1) is 17.2. The van der Waals surface area contributed by atoms with Gasteiger partial charge in [0.25, 0.3) is 5.91 Å². The first-order valence-electron chi connectivity index (χ1n) is 7.91. The molecular weight excluding hydrogens is 344 g/mol. The molecule has 3 rings (SSSR count). The van der Waals surface area contributed by atoms with Crippen molar-refractivity contribution in [1.29, 1.82) is 0 Å². The van der Waals surface area contributed by atoms with Gasteiger partial charge < -0.3 is 14.9 Å². The zero-order chi connectivity index (χ0) is 17.8. The molecule has 9 heteroatoms. The number of nitrogens with zero attached hydrogens (tertiary/aromatic N) is 4. The molecule has 1 fully saturated rings. The lowest BCUT2D eigenvalue weighted by molar-refractivity contribution is -0.132. The number of amides is 2. The van der Waals surface area contributed by atoms with E-state index < -0.39 is 5.97 Å². The number of carboxylic acid groups (broad SMARTS) is 1. The maximum atomic E-state index is 12.3. The Balaban J connectivity index is 1.46. The van der Waals surface area contributed by atoms with Crippen LogP contribution < -0.4 is 0 Å². The number of carbonyl (C=O) groups is 3. The van der Waals surface area contributed by atoms with Crippen LogP contribution in [0.5, 0.6) is 0 Å². The summed E-state index contributed by atoms with van der Waals surface area (Å²) in [4.78, 5) is 39.6. The van der Waals surface area contributed by atoms with E-state index in [-0.39, 0.29) is 23.8 Å². The van der Waals surface area contributed by atoms with Crippen molar-refractivity contribution in [2.75, 3.05) is 26.2 Å². The predicted molar refractivity (Wildman–Crippen MR) is 90.6 cm³/mol. The lowest BCUT2D eigenvalue weighted by Crippen LogP contribution is -2.50. The summed E-state index contributed by atoms with van der Waals surface area (Å²) in [6, 6.07) is 3.66. The van der Waals surface area contributed by atoms with E-state index in [0.29, 0.717) is 37.6 Å². The topological polar surface area (TPSA) is 95.7 Å². The molecule has 0 saturated carbocycles. The SMILES string of the molecule is O=C(O)c1cnn(CCC(=O)N2CCN(C(=O)c3cccs3)CC2)c1. The van der Waals surface area contributed by atoms with Crippen LogP contribution in [-0.2, 0) is 11.3 Å². The summed E-state index contributed by atoms with van der Waals surface area (Å²) in [5.74, 6) is -1.04. The van der Waals surface area contributed by atoms with E-state index in [1.807, 2.05) is 11.4 Å². The second kappa shape index (κ2) is 7.47. The van der Waals surface area contributed by atoms with Crippen molar-refractivity contribution in [2.45, 2.75) is 13.0 Å². The summed E-state index contributed by atoms with van der Waals surface area (Å²) in [6.45, 7) is 2.39. The fourth-order valence-corrected chi connectivity index (χ4v) is 3.37. The van der Waals surface area contributed by atoms with Gasteiger partial charge in [-0.2, -0.15) is 5.10 Å². The minimum absolute atomic E-state index is 0.0137. The normalized spacial score (nSPS) is 14.6. The predicted octanol–water partition coefficient (Wildman–Crippen LogP) is 1.02. The molecule has 1 N–H and O–H groups in total. The Labute approximate surface area is 148 Å². The molecule has 1 aliphatic heterocycles. The molecule has 132 valence electrons. The molecule has 3 heterocycles. The molecule has 0 aliphatic carbocycles. The van der Waals surface area contributed by atoms with E-state index in [4.69, 9.17) is 5.11 Å². The molecule has 0 spiro atoms. The maximum Gasteiger partial charge on any atom is 0.338 e. The van der Waals surface area contributed by atoms with Crippen LogP contribution in [0.2, 0.25) is 0 Å². The van der Waals surface area contributed by atoms with Gasteiger partial charge in [-0.3, -0.25) is 14.3 Å². The van der Waals surface area contributed by atoms with Crippen molar-refractivity contribution in [3.8, 4) is 0 Å². The van der Waals surface area contributed by atoms with Gasteiger partial charge in [0, 0.05) is 45.3 Å². The molecule has 8 nitrogen and oxygen atoms in total. The standard InChI is InChI=1S/C16H18N4O4S/c21-14(3-4-20-11-12(10-17-20)16(23)24)18-5-7-19(8-6-18)15(22)13-2-1-9-25-13/h1-2,9-11H,3-8H2,(H,23,24). The molecule has 1 aliphatic rings. The molecule has 0 atom stereocenters. The summed E-state index contributed by atoms with van der Waals surface area (Å²) in [6.07, 6.45) is 2.93. The first-order valence-corrected chi connectivity index (χ1v) is 8.79. The van der Waals surface area contributed by atoms with E-state index >= 15 is 0 Å². The van der Waals surface area contributed by atoms with Crippen LogP contribution in [0.1, 0.15) is 26.5 Å². The third-order valence-corrected chi connectivity index (χ3v) is 4.94. The molecular formula is C16H18N4O4S. The molecule has 2 aromatic heterocycles. The quantitative estimate of drug-likeness (QED) is 0.857. The summed E-state index contributed by atoms with van der Waals surface area (Å²) >= 11 is 1.42. The average Bonchev–Trinajstić information content (AvgIpc) is 3.31. The summed E-state index contributed by atoms with van der Waals surface area (Å²) in [5, 5.41) is 14.7. The second-order valence-electron chi connectivity index (χ2n) is 5.70. The average molecular weight is 362 g/mol. The summed E-state index contributed by atoms with van der Waals surface area (Å²) < 4.78 is 1.46. The van der Waals surface area contributed by atoms with Crippen LogP contribution in [0.4, 0.5) is 0 Å². The number of aromatic carboxylic acids is 1. The second-order valence-corrected chi connectivity index (χ2v) is 6.65. The van der Waals surface area contributed by atoms with Crippen LogP contribution in [0.3, 0.4) is 0 Å². The van der Waals surface area contributed by atoms with Gasteiger partial charge in [-0.15, -0.1) is 11.3 Å². The maximum absolute atomic E-state index is 12.3. The number of aryl methyl sites for hydroxylation is 1. The van der Waals surface area contributed by atoms with Crippen LogP contribution >= 0.6 is 11.3 Å². The van der Waals surface area contributed by atoms with Crippen molar-refractivity contribution >= 4 is 29.1 Å². The van der Waals surface area contributed by atoms with E-state index in [9.17, 15) is 14.4 Å². The Kier molecular flexibility index (Phi) is 5.13. The van der Waals surface area contributed by atoms with E-state index in [1.54, 1.807) is 15.9 Å². The van der Waals surface area contributed by atoms with Crippen LogP contribution in [0.25, 0.3) is 0 Å². The third kappa shape index (κ3) is 4.05. The number of piperazine rings is 1. The van der Waals surface area contributed by atoms with E-state index in [2.05, 4.69) is 5.10 Å². The molecule has 25 heavy (non-hydrogen) atoms. The smallest absolute Gasteiger partial charge is 0.338 e. The Morgan fingerprint density at radius 1 is 1.16 bits per heavy atom. The minimum atomic E-state index is -1.04. The zero-order valence-corrected chi connectivity index (χ0v) is 14.3. The van der Waals surface area contributed by atoms with Crippen molar-refractivity contribution < 1.29 is 19.5 Å². The number of thiophene rings is 1. The number of hydrogen-bond donors (Lipinski definition) is 1. The van der Waals surface area contributed by atoms with Crippen molar-refractivity contribution in [2.24, 2.45) is 0 Å². The van der Waals surface area contributed by atoms with Gasteiger partial charge in [0.2, 0.25) is 5.91 Å². The highest BCUT2D eigenvalue weighted by molar-refractivity contribution is 7.12. The van der Waals surface area contributed by atoms with Crippen molar-refractivity contribution in [1.82, 2.24) is 19.6 Å². The van der Waals surface area contributed by atoms with Gasteiger partial charge in [0.15, 0.2) is 0 Å². The van der Waals surface area contributed by atoms with Gasteiger partial charge in [-0.05, 0) is 11.4 Å². The molecule has 0 aromatic carbocycles. The fourth-order valence-electron chi connectivity index (χ4n) is 2.68. The lowest BCUT2D eigenvalue weighted by Gasteiger charge is -2.34. The number of aromatic nitrogens is 2. The molecule has 2 amide bonds. The molecule has 1 saturated heterocycles. The van der Waals surface area contributed by atoms with Crippen molar-refractivity contribution in [3.63, 3.8) is 0 Å². The number of carboxylic acids is 1. The highest BCUT2D eigenvalue weighted by atomic mass is 32.1. The van der Waals surface area contributed by atoms with Gasteiger partial charge >= 0.3 is 5.97 Å². The van der Waals surface area contributed by atoms with Crippen LogP contribution in [-0.4, -0.2) is 68.6 Å². The highest BCUT2D eigenvalue weighted by Gasteiger charge is 2.25. The molecule has 2 aromatic rings. The van der Waals surface area contributed by atoms with E-state index in [0.717, 1.165) is 0 Å². The van der Waals surface area contributed by atoms with Gasteiger partial charge in [0.1, 0.15) is 0 Å². The number of rotatable bonds is 5. The monoisotopic (exact) mass is 362 g/mol. The van der Waals surface area contributed by atoms with E-state index in [1.165, 1.54) is 28.4 Å². The molecule has 0 unspecified atom stereocenters. The summed E-state index contributed by atoms with van der Waals surface area (Å²) in [5.41, 5.74) is 0.105. The molecule has 0 radical (unpaired) electrons. The Morgan fingerprint density at radius 2 is 1.88 bits per heavy atom. The fraction of sp³-hybridized carbons (Fsp3) is 0.375. The summed E-state index contributed by atoms with van der Waals surface area (Å²) in [7, 11) is 0. The van der Waals surface area contributed by atoms with Gasteiger partial charge in [-0.25, -0.2) is 4.79 Å². The zero-order valence-electron chi connectivity index (χ0n) is 13.5. The Morgan fingerprint density at radius 3 is 2.48 bits per heavy atom. The lowest BCUT2D eigenvalue weighted by atomic mass is 10.2. The van der Waals surface area contributed by atoms with Gasteiger partial charge in [-0.1, -0.05) is 6.07 Å². The third-order valence-electron chi connectivity index (χ3n) is 4.09. The van der Waals surface area contributed by atoms with Crippen LogP contribution in [0, 0.1) is 0 Å². The highest BCUT2D eigenvalue weighted by Crippen LogP contribution is 2.14. The first-order chi connectivity index (χ1) is 12.0. The van der Waals surface area contributed by atoms with Crippen LogP contribution in [0.15, 0.2) is 29.9 Å². The Hall–Kier alpha value is -2.68. The largest absolute Gasteiger partial charge is 0.478 e.